The predicted octanol–water partition coefficient (Wildman–Crippen LogP) is 1.28. The molecule has 3 atom stereocenters. The zero-order chi connectivity index (χ0) is 17.2. The van der Waals surface area contributed by atoms with Gasteiger partial charge in [-0.15, -0.1) is 0 Å². The van der Waals surface area contributed by atoms with Gasteiger partial charge in [0.1, 0.15) is 0 Å². The first kappa shape index (κ1) is 16.4. The first-order chi connectivity index (χ1) is 12.2. The highest BCUT2D eigenvalue weighted by Crippen LogP contribution is 2.34. The summed E-state index contributed by atoms with van der Waals surface area (Å²) in [6, 6.07) is 3.39. The van der Waals surface area contributed by atoms with Crippen LogP contribution in [0, 0.1) is 11.8 Å². The molecule has 2 aliphatic heterocycles. The molecule has 2 aromatic rings. The minimum Gasteiger partial charge on any atom is -0.459 e. The van der Waals surface area contributed by atoms with Crippen molar-refractivity contribution in [1.82, 2.24) is 20.0 Å². The standard InChI is InChI=1S/C18H24N4O3/c1-21-9-13(7-20-21)10-22-5-4-14-12-25-17(15(14)11-22)8-19-18(23)16-3-2-6-24-16/h2-3,6-7,9,14-15,17H,4-5,8,10-12H2,1H3,(H,19,23)/t14-,15-,17+/m0/s1. The number of aryl methyl sites for hydroxylation is 1. The highest BCUT2D eigenvalue weighted by molar-refractivity contribution is 5.91. The first-order valence-corrected chi connectivity index (χ1v) is 8.82. The first-order valence-electron chi connectivity index (χ1n) is 8.82. The molecular formula is C18H24N4O3. The van der Waals surface area contributed by atoms with Crippen molar-refractivity contribution >= 4 is 5.91 Å². The number of fused-ring (bicyclic) bond motifs is 1. The van der Waals surface area contributed by atoms with Gasteiger partial charge in [0.25, 0.3) is 5.91 Å². The van der Waals surface area contributed by atoms with E-state index in [1.165, 1.54) is 11.8 Å². The van der Waals surface area contributed by atoms with Crippen LogP contribution in [0.1, 0.15) is 22.5 Å². The van der Waals surface area contributed by atoms with Gasteiger partial charge < -0.3 is 14.5 Å². The molecule has 4 heterocycles. The largest absolute Gasteiger partial charge is 0.459 e. The Hall–Kier alpha value is -2.12. The number of likely N-dealkylation sites (tertiary alicyclic amines) is 1. The van der Waals surface area contributed by atoms with Gasteiger partial charge in [0.05, 0.1) is 25.2 Å². The van der Waals surface area contributed by atoms with E-state index < -0.39 is 0 Å². The molecule has 134 valence electrons. The van der Waals surface area contributed by atoms with Gasteiger partial charge in [-0.05, 0) is 31.0 Å². The van der Waals surface area contributed by atoms with Crippen LogP contribution >= 0.6 is 0 Å². The number of carbonyl (C=O) groups excluding carboxylic acids is 1. The second kappa shape index (κ2) is 7.01. The summed E-state index contributed by atoms with van der Waals surface area (Å²) in [5.74, 6) is 1.22. The van der Waals surface area contributed by atoms with Crippen molar-refractivity contribution in [3.05, 3.63) is 42.1 Å². The third-order valence-corrected chi connectivity index (χ3v) is 5.27. The quantitative estimate of drug-likeness (QED) is 0.885. The number of hydrogen-bond donors (Lipinski definition) is 1. The number of furan rings is 1. The molecule has 0 spiro atoms. The zero-order valence-electron chi connectivity index (χ0n) is 14.4. The molecule has 7 heteroatoms. The molecule has 0 radical (unpaired) electrons. The number of aromatic nitrogens is 2. The third-order valence-electron chi connectivity index (χ3n) is 5.27. The molecule has 1 N–H and O–H groups in total. The Morgan fingerprint density at radius 1 is 1.48 bits per heavy atom. The topological polar surface area (TPSA) is 72.5 Å². The number of nitrogens with one attached hydrogen (secondary N) is 1. The van der Waals surface area contributed by atoms with Gasteiger partial charge in [-0.1, -0.05) is 0 Å². The smallest absolute Gasteiger partial charge is 0.287 e. The fraction of sp³-hybridized carbons (Fsp3) is 0.556. The van der Waals surface area contributed by atoms with Crippen molar-refractivity contribution in [2.24, 2.45) is 18.9 Å². The molecular weight excluding hydrogens is 320 g/mol. The average Bonchev–Trinajstić information content (AvgIpc) is 3.34. The summed E-state index contributed by atoms with van der Waals surface area (Å²) in [6.45, 7) is 4.34. The Morgan fingerprint density at radius 3 is 3.16 bits per heavy atom. The van der Waals surface area contributed by atoms with Gasteiger partial charge in [0, 0.05) is 44.4 Å². The fourth-order valence-electron chi connectivity index (χ4n) is 3.95. The molecule has 0 unspecified atom stereocenters. The maximum absolute atomic E-state index is 12.1. The monoisotopic (exact) mass is 344 g/mol. The normalized spacial score (nSPS) is 26.5. The lowest BCUT2D eigenvalue weighted by Gasteiger charge is -2.35. The molecule has 25 heavy (non-hydrogen) atoms. The molecule has 2 aromatic heterocycles. The van der Waals surface area contributed by atoms with Crippen molar-refractivity contribution in [3.63, 3.8) is 0 Å². The van der Waals surface area contributed by atoms with Gasteiger partial charge in [-0.3, -0.25) is 14.4 Å². The van der Waals surface area contributed by atoms with E-state index in [0.29, 0.717) is 24.1 Å². The molecule has 1 amide bonds. The van der Waals surface area contributed by atoms with Gasteiger partial charge in [-0.25, -0.2) is 0 Å². The van der Waals surface area contributed by atoms with Gasteiger partial charge in [-0.2, -0.15) is 5.10 Å². The van der Waals surface area contributed by atoms with Crippen LogP contribution in [0.2, 0.25) is 0 Å². The maximum atomic E-state index is 12.1. The van der Waals surface area contributed by atoms with Crippen molar-refractivity contribution in [2.45, 2.75) is 19.1 Å². The Labute approximate surface area is 146 Å². The van der Waals surface area contributed by atoms with Crippen LogP contribution in [0.15, 0.2) is 35.2 Å². The molecule has 0 aromatic carbocycles. The lowest BCUT2D eigenvalue weighted by atomic mass is 9.84. The fourth-order valence-corrected chi connectivity index (χ4v) is 3.95. The summed E-state index contributed by atoms with van der Waals surface area (Å²) in [4.78, 5) is 14.5. The number of hydrogen-bond acceptors (Lipinski definition) is 5. The molecule has 7 nitrogen and oxygen atoms in total. The number of piperidine rings is 1. The minimum absolute atomic E-state index is 0.0700. The van der Waals surface area contributed by atoms with E-state index in [-0.39, 0.29) is 12.0 Å². The lowest BCUT2D eigenvalue weighted by molar-refractivity contribution is 0.0667. The summed E-state index contributed by atoms with van der Waals surface area (Å²) in [5, 5.41) is 7.18. The molecule has 2 saturated heterocycles. The summed E-state index contributed by atoms with van der Waals surface area (Å²) in [6.07, 6.45) is 6.72. The number of amides is 1. The van der Waals surface area contributed by atoms with Crippen LogP contribution in [0.4, 0.5) is 0 Å². The van der Waals surface area contributed by atoms with Crippen LogP contribution in [0.3, 0.4) is 0 Å². The van der Waals surface area contributed by atoms with Crippen LogP contribution in [-0.2, 0) is 18.3 Å². The van der Waals surface area contributed by atoms with Crippen molar-refractivity contribution in [1.29, 1.82) is 0 Å². The van der Waals surface area contributed by atoms with E-state index in [0.717, 1.165) is 32.7 Å². The molecule has 2 aliphatic rings. The van der Waals surface area contributed by atoms with E-state index >= 15 is 0 Å². The second-order valence-electron chi connectivity index (χ2n) is 7.03. The van der Waals surface area contributed by atoms with Crippen LogP contribution in [0.5, 0.6) is 0 Å². The highest BCUT2D eigenvalue weighted by atomic mass is 16.5. The second-order valence-corrected chi connectivity index (χ2v) is 7.03. The Kier molecular flexibility index (Phi) is 4.59. The number of nitrogens with zero attached hydrogens (tertiary/aromatic N) is 3. The van der Waals surface area contributed by atoms with Crippen LogP contribution in [0.25, 0.3) is 0 Å². The van der Waals surface area contributed by atoms with E-state index in [4.69, 9.17) is 9.15 Å². The molecule has 2 fully saturated rings. The maximum Gasteiger partial charge on any atom is 0.287 e. The van der Waals surface area contributed by atoms with Crippen molar-refractivity contribution in [2.75, 3.05) is 26.2 Å². The third kappa shape index (κ3) is 3.62. The predicted molar refractivity (Wildman–Crippen MR) is 90.9 cm³/mol. The summed E-state index contributed by atoms with van der Waals surface area (Å²) in [5.41, 5.74) is 1.24. The molecule has 0 saturated carbocycles. The number of ether oxygens (including phenoxy) is 1. The summed E-state index contributed by atoms with van der Waals surface area (Å²) in [7, 11) is 1.94. The summed E-state index contributed by atoms with van der Waals surface area (Å²) < 4.78 is 13.0. The minimum atomic E-state index is -0.180. The Bertz CT molecular complexity index is 712. The SMILES string of the molecule is Cn1cc(CN2CC[C@H]3CO[C@H](CNC(=O)c4ccco4)[C@H]3C2)cn1. The van der Waals surface area contributed by atoms with Crippen LogP contribution < -0.4 is 5.32 Å². The summed E-state index contributed by atoms with van der Waals surface area (Å²) >= 11 is 0. The number of carbonyl (C=O) groups is 1. The van der Waals surface area contributed by atoms with Crippen LogP contribution in [-0.4, -0.2) is 52.9 Å². The molecule has 4 rings (SSSR count). The molecule has 0 aliphatic carbocycles. The van der Waals surface area contributed by atoms with Crippen molar-refractivity contribution in [3.8, 4) is 0 Å². The van der Waals surface area contributed by atoms with E-state index in [9.17, 15) is 4.79 Å². The van der Waals surface area contributed by atoms with Crippen molar-refractivity contribution < 1.29 is 13.9 Å². The Balaban J connectivity index is 1.32. The zero-order valence-corrected chi connectivity index (χ0v) is 14.4. The van der Waals surface area contributed by atoms with Gasteiger partial charge in [0.2, 0.25) is 0 Å². The number of rotatable bonds is 5. The molecule has 0 bridgehead atoms. The van der Waals surface area contributed by atoms with E-state index in [2.05, 4.69) is 21.5 Å². The highest BCUT2D eigenvalue weighted by Gasteiger charge is 2.40. The average molecular weight is 344 g/mol. The Morgan fingerprint density at radius 2 is 2.40 bits per heavy atom. The van der Waals surface area contributed by atoms with Gasteiger partial charge in [0.15, 0.2) is 5.76 Å². The van der Waals surface area contributed by atoms with E-state index in [1.54, 1.807) is 12.1 Å². The van der Waals surface area contributed by atoms with Gasteiger partial charge >= 0.3 is 0 Å². The lowest BCUT2D eigenvalue weighted by Crippen LogP contribution is -2.45. The van der Waals surface area contributed by atoms with E-state index in [1.807, 2.05) is 17.9 Å².